The number of hydrogen-bond acceptors (Lipinski definition) is 4. The summed E-state index contributed by atoms with van der Waals surface area (Å²) < 4.78 is 11.8. The van der Waals surface area contributed by atoms with Gasteiger partial charge < -0.3 is 14.8 Å². The van der Waals surface area contributed by atoms with Gasteiger partial charge in [0.15, 0.2) is 0 Å². The summed E-state index contributed by atoms with van der Waals surface area (Å²) in [6.45, 7) is 6.06. The highest BCUT2D eigenvalue weighted by molar-refractivity contribution is 7.99. The molecule has 0 amide bonds. The van der Waals surface area contributed by atoms with Crippen molar-refractivity contribution in [2.45, 2.75) is 37.9 Å². The van der Waals surface area contributed by atoms with E-state index in [1.807, 2.05) is 11.8 Å². The minimum atomic E-state index is 0.147. The summed E-state index contributed by atoms with van der Waals surface area (Å²) in [6.07, 6.45) is 3.74. The van der Waals surface area contributed by atoms with Crippen molar-refractivity contribution in [2.24, 2.45) is 0 Å². The lowest BCUT2D eigenvalue weighted by atomic mass is 9.89. The topological polar surface area (TPSA) is 30.5 Å². The largest absolute Gasteiger partial charge is 0.375 e. The molecule has 16 heavy (non-hydrogen) atoms. The molecule has 0 saturated carbocycles. The quantitative estimate of drug-likeness (QED) is 0.746. The first-order valence-corrected chi connectivity index (χ1v) is 7.54. The van der Waals surface area contributed by atoms with E-state index in [1.54, 1.807) is 0 Å². The van der Waals surface area contributed by atoms with Gasteiger partial charge in [0.05, 0.1) is 24.9 Å². The number of thioether (sulfide) groups is 1. The maximum Gasteiger partial charge on any atom is 0.0836 e. The Morgan fingerprint density at radius 1 is 1.44 bits per heavy atom. The van der Waals surface area contributed by atoms with Gasteiger partial charge in [-0.05, 0) is 31.7 Å². The predicted molar refractivity (Wildman–Crippen MR) is 68.1 cm³/mol. The Bertz CT molecular complexity index is 207. The van der Waals surface area contributed by atoms with E-state index in [0.29, 0.717) is 6.10 Å². The van der Waals surface area contributed by atoms with Gasteiger partial charge in [0, 0.05) is 12.2 Å². The van der Waals surface area contributed by atoms with Crippen LogP contribution in [0.15, 0.2) is 0 Å². The summed E-state index contributed by atoms with van der Waals surface area (Å²) in [5, 5.41) is 3.39. The molecule has 0 aromatic heterocycles. The molecule has 0 aromatic rings. The number of ether oxygens (including phenoxy) is 2. The van der Waals surface area contributed by atoms with Crippen LogP contribution in [-0.2, 0) is 9.47 Å². The van der Waals surface area contributed by atoms with Gasteiger partial charge in [-0.15, -0.1) is 0 Å². The van der Waals surface area contributed by atoms with Gasteiger partial charge in [0.1, 0.15) is 0 Å². The van der Waals surface area contributed by atoms with E-state index in [9.17, 15) is 0 Å². The molecule has 0 aliphatic carbocycles. The molecular weight excluding hydrogens is 222 g/mol. The maximum absolute atomic E-state index is 5.98. The second kappa shape index (κ2) is 6.24. The van der Waals surface area contributed by atoms with Crippen LogP contribution in [0, 0.1) is 0 Å². The number of nitrogens with one attached hydrogen (secondary N) is 1. The molecule has 94 valence electrons. The average Bonchev–Trinajstić information content (AvgIpc) is 2.69. The van der Waals surface area contributed by atoms with Crippen molar-refractivity contribution in [1.82, 2.24) is 5.32 Å². The molecule has 1 atom stereocenters. The lowest BCUT2D eigenvalue weighted by molar-refractivity contribution is -0.0228. The predicted octanol–water partition coefficient (Wildman–Crippen LogP) is 1.67. The smallest absolute Gasteiger partial charge is 0.0836 e. The van der Waals surface area contributed by atoms with Crippen LogP contribution in [0.3, 0.4) is 0 Å². The first-order valence-electron chi connectivity index (χ1n) is 6.39. The molecule has 0 aromatic carbocycles. The summed E-state index contributed by atoms with van der Waals surface area (Å²) in [5.41, 5.74) is 0.147. The van der Waals surface area contributed by atoms with Crippen LogP contribution in [-0.4, -0.2) is 49.5 Å². The average molecular weight is 245 g/mol. The standard InChI is InChI=1S/C12H23NO2S/c1-2-16-8-7-14-11-9-12(15-10-11)3-5-13-6-4-12/h11,13H,2-10H2,1H3. The van der Waals surface area contributed by atoms with Gasteiger partial charge in [0.2, 0.25) is 0 Å². The van der Waals surface area contributed by atoms with Crippen molar-refractivity contribution >= 4 is 11.8 Å². The van der Waals surface area contributed by atoms with E-state index in [2.05, 4.69) is 12.2 Å². The van der Waals surface area contributed by atoms with Crippen LogP contribution in [0.25, 0.3) is 0 Å². The Hall–Kier alpha value is 0.230. The van der Waals surface area contributed by atoms with E-state index in [4.69, 9.17) is 9.47 Å². The Morgan fingerprint density at radius 2 is 2.25 bits per heavy atom. The molecule has 1 spiro atoms. The van der Waals surface area contributed by atoms with Crippen LogP contribution < -0.4 is 5.32 Å². The van der Waals surface area contributed by atoms with Crippen LogP contribution in [0.1, 0.15) is 26.2 Å². The highest BCUT2D eigenvalue weighted by atomic mass is 32.2. The zero-order valence-electron chi connectivity index (χ0n) is 10.2. The Labute approximate surface area is 103 Å². The highest BCUT2D eigenvalue weighted by Crippen LogP contribution is 2.35. The Morgan fingerprint density at radius 3 is 3.00 bits per heavy atom. The zero-order chi connectivity index (χ0) is 11.3. The first-order chi connectivity index (χ1) is 7.85. The molecule has 1 N–H and O–H groups in total. The van der Waals surface area contributed by atoms with Gasteiger partial charge >= 0.3 is 0 Å². The van der Waals surface area contributed by atoms with E-state index in [1.165, 1.54) is 5.75 Å². The molecule has 1 unspecified atom stereocenters. The van der Waals surface area contributed by atoms with Gasteiger partial charge in [-0.3, -0.25) is 0 Å². The van der Waals surface area contributed by atoms with Crippen molar-refractivity contribution in [3.63, 3.8) is 0 Å². The summed E-state index contributed by atoms with van der Waals surface area (Å²) in [6, 6.07) is 0. The molecule has 4 heteroatoms. The molecule has 2 aliphatic heterocycles. The van der Waals surface area contributed by atoms with Gasteiger partial charge in [-0.2, -0.15) is 11.8 Å². The molecular formula is C12H23NO2S. The van der Waals surface area contributed by atoms with Gasteiger partial charge in [0.25, 0.3) is 0 Å². The first kappa shape index (κ1) is 12.7. The molecule has 2 heterocycles. The second-order valence-corrected chi connectivity index (χ2v) is 6.03. The van der Waals surface area contributed by atoms with Crippen LogP contribution >= 0.6 is 11.8 Å². The molecule has 2 rings (SSSR count). The van der Waals surface area contributed by atoms with Crippen LogP contribution in [0.4, 0.5) is 0 Å². The molecule has 3 nitrogen and oxygen atoms in total. The van der Waals surface area contributed by atoms with Crippen molar-refractivity contribution in [3.05, 3.63) is 0 Å². The fourth-order valence-electron chi connectivity index (χ4n) is 2.56. The normalized spacial score (nSPS) is 28.7. The number of piperidine rings is 1. The van der Waals surface area contributed by atoms with Gasteiger partial charge in [-0.25, -0.2) is 0 Å². The summed E-state index contributed by atoms with van der Waals surface area (Å²) in [5.74, 6) is 2.29. The van der Waals surface area contributed by atoms with Crippen molar-refractivity contribution < 1.29 is 9.47 Å². The summed E-state index contributed by atoms with van der Waals surface area (Å²) in [4.78, 5) is 0. The van der Waals surface area contributed by atoms with E-state index in [0.717, 1.165) is 51.3 Å². The molecule has 2 aliphatic rings. The third kappa shape index (κ3) is 3.36. The monoisotopic (exact) mass is 245 g/mol. The van der Waals surface area contributed by atoms with Crippen LogP contribution in [0.2, 0.25) is 0 Å². The minimum absolute atomic E-state index is 0.147. The SMILES string of the molecule is CCSCCOC1COC2(CCNCC2)C1. The van der Waals surface area contributed by atoms with E-state index < -0.39 is 0 Å². The van der Waals surface area contributed by atoms with E-state index in [-0.39, 0.29) is 5.60 Å². The fraction of sp³-hybridized carbons (Fsp3) is 1.00. The third-order valence-corrected chi connectivity index (χ3v) is 4.34. The molecule has 0 radical (unpaired) electrons. The number of rotatable bonds is 5. The zero-order valence-corrected chi connectivity index (χ0v) is 11.0. The van der Waals surface area contributed by atoms with Crippen molar-refractivity contribution in [2.75, 3.05) is 37.8 Å². The Balaban J connectivity index is 1.66. The van der Waals surface area contributed by atoms with Gasteiger partial charge in [-0.1, -0.05) is 6.92 Å². The van der Waals surface area contributed by atoms with Crippen LogP contribution in [0.5, 0.6) is 0 Å². The Kier molecular flexibility index (Phi) is 4.95. The van der Waals surface area contributed by atoms with Crippen molar-refractivity contribution in [1.29, 1.82) is 0 Å². The van der Waals surface area contributed by atoms with E-state index >= 15 is 0 Å². The third-order valence-electron chi connectivity index (χ3n) is 3.48. The maximum atomic E-state index is 5.98. The van der Waals surface area contributed by atoms with Crippen molar-refractivity contribution in [3.8, 4) is 0 Å². The number of hydrogen-bond donors (Lipinski definition) is 1. The summed E-state index contributed by atoms with van der Waals surface area (Å²) in [7, 11) is 0. The molecule has 0 bridgehead atoms. The second-order valence-electron chi connectivity index (χ2n) is 4.64. The molecule has 2 saturated heterocycles. The fourth-order valence-corrected chi connectivity index (χ4v) is 3.06. The lowest BCUT2D eigenvalue weighted by Gasteiger charge is -2.32. The highest BCUT2D eigenvalue weighted by Gasteiger charge is 2.41. The minimum Gasteiger partial charge on any atom is -0.375 e. The molecule has 2 fully saturated rings. The summed E-state index contributed by atoms with van der Waals surface area (Å²) >= 11 is 1.94. The lowest BCUT2D eigenvalue weighted by Crippen LogP contribution is -2.41.